The van der Waals surface area contributed by atoms with Crippen molar-refractivity contribution < 1.29 is 19.1 Å². The number of carboxylic acids is 1. The molecule has 0 spiro atoms. The van der Waals surface area contributed by atoms with Gasteiger partial charge in [0.05, 0.1) is 5.56 Å². The number of likely N-dealkylation sites (tertiary alicyclic amines) is 1. The summed E-state index contributed by atoms with van der Waals surface area (Å²) >= 11 is 0. The Kier molecular flexibility index (Phi) is 3.63. The number of nitrogens with zero attached hydrogens (tertiary/aromatic N) is 1. The average Bonchev–Trinajstić information content (AvgIpc) is 2.63. The number of aliphatic carboxylic acids is 1. The third-order valence-electron chi connectivity index (χ3n) is 4.37. The van der Waals surface area contributed by atoms with Crippen LogP contribution in [-0.4, -0.2) is 34.0 Å². The van der Waals surface area contributed by atoms with Crippen molar-refractivity contribution in [2.45, 2.75) is 52.5 Å². The van der Waals surface area contributed by atoms with Gasteiger partial charge in [-0.05, 0) is 47.0 Å². The van der Waals surface area contributed by atoms with E-state index in [4.69, 9.17) is 4.42 Å². The Bertz CT molecular complexity index is 560. The van der Waals surface area contributed by atoms with E-state index in [1.807, 2.05) is 13.8 Å². The zero-order chi connectivity index (χ0) is 15.1. The molecule has 2 rings (SSSR count). The van der Waals surface area contributed by atoms with E-state index in [1.54, 1.807) is 13.8 Å². The van der Waals surface area contributed by atoms with Crippen LogP contribution in [0.1, 0.15) is 53.6 Å². The Hall–Kier alpha value is -1.78. The predicted molar refractivity (Wildman–Crippen MR) is 73.8 cm³/mol. The van der Waals surface area contributed by atoms with E-state index in [0.717, 1.165) is 18.4 Å². The molecule has 0 bridgehead atoms. The van der Waals surface area contributed by atoms with E-state index >= 15 is 0 Å². The van der Waals surface area contributed by atoms with E-state index in [-0.39, 0.29) is 5.91 Å². The first-order chi connectivity index (χ1) is 9.29. The molecule has 0 saturated carbocycles. The summed E-state index contributed by atoms with van der Waals surface area (Å²) in [4.78, 5) is 25.8. The van der Waals surface area contributed by atoms with Crippen molar-refractivity contribution in [3.8, 4) is 0 Å². The van der Waals surface area contributed by atoms with Gasteiger partial charge in [-0.25, -0.2) is 4.79 Å². The lowest BCUT2D eigenvalue weighted by molar-refractivity contribution is -0.150. The Morgan fingerprint density at radius 1 is 1.20 bits per heavy atom. The van der Waals surface area contributed by atoms with Crippen molar-refractivity contribution in [2.24, 2.45) is 0 Å². The van der Waals surface area contributed by atoms with Gasteiger partial charge < -0.3 is 14.4 Å². The summed E-state index contributed by atoms with van der Waals surface area (Å²) in [5.74, 6) is 0.0886. The van der Waals surface area contributed by atoms with Crippen LogP contribution in [0.25, 0.3) is 0 Å². The second-order valence-electron chi connectivity index (χ2n) is 5.71. The molecule has 20 heavy (non-hydrogen) atoms. The van der Waals surface area contributed by atoms with Crippen LogP contribution in [0.5, 0.6) is 0 Å². The third-order valence-corrected chi connectivity index (χ3v) is 4.37. The molecule has 1 unspecified atom stereocenters. The summed E-state index contributed by atoms with van der Waals surface area (Å²) in [6.45, 7) is 7.50. The molecule has 0 aromatic carbocycles. The highest BCUT2D eigenvalue weighted by atomic mass is 16.4. The normalized spacial score (nSPS) is 22.9. The van der Waals surface area contributed by atoms with Crippen LogP contribution in [0.2, 0.25) is 0 Å². The van der Waals surface area contributed by atoms with Crippen LogP contribution < -0.4 is 0 Å². The standard InChI is InChI=1S/C15H21NO4/c1-9-10(2)20-11(3)12(9)13(17)16-8-6-5-7-15(16,4)14(18)19/h5-8H2,1-4H3,(H,18,19). The maximum Gasteiger partial charge on any atom is 0.329 e. The van der Waals surface area contributed by atoms with Gasteiger partial charge in [-0.3, -0.25) is 4.79 Å². The first-order valence-corrected chi connectivity index (χ1v) is 6.91. The van der Waals surface area contributed by atoms with Gasteiger partial charge >= 0.3 is 5.97 Å². The van der Waals surface area contributed by atoms with Crippen LogP contribution in [-0.2, 0) is 4.79 Å². The Morgan fingerprint density at radius 2 is 1.85 bits per heavy atom. The average molecular weight is 279 g/mol. The highest BCUT2D eigenvalue weighted by Crippen LogP contribution is 2.32. The number of amides is 1. The Balaban J connectivity index is 2.43. The van der Waals surface area contributed by atoms with E-state index in [0.29, 0.717) is 30.0 Å². The fraction of sp³-hybridized carbons (Fsp3) is 0.600. The van der Waals surface area contributed by atoms with Crippen molar-refractivity contribution in [2.75, 3.05) is 6.54 Å². The topological polar surface area (TPSA) is 70.8 Å². The van der Waals surface area contributed by atoms with E-state index in [9.17, 15) is 14.7 Å². The van der Waals surface area contributed by atoms with Crippen molar-refractivity contribution in [1.29, 1.82) is 0 Å². The monoisotopic (exact) mass is 279 g/mol. The molecule has 1 aromatic heterocycles. The summed E-state index contributed by atoms with van der Waals surface area (Å²) in [6, 6.07) is 0. The highest BCUT2D eigenvalue weighted by molar-refractivity contribution is 6.00. The minimum absolute atomic E-state index is 0.235. The summed E-state index contributed by atoms with van der Waals surface area (Å²) in [5, 5.41) is 9.49. The van der Waals surface area contributed by atoms with Gasteiger partial charge in [0.1, 0.15) is 17.1 Å². The molecule has 1 aliphatic rings. The molecule has 5 nitrogen and oxygen atoms in total. The predicted octanol–water partition coefficient (Wildman–Crippen LogP) is 2.67. The maximum absolute atomic E-state index is 12.8. The van der Waals surface area contributed by atoms with Crippen molar-refractivity contribution in [1.82, 2.24) is 4.90 Å². The number of carboxylic acid groups (broad SMARTS) is 1. The third kappa shape index (κ3) is 2.11. The van der Waals surface area contributed by atoms with Crippen LogP contribution in [0.4, 0.5) is 0 Å². The van der Waals surface area contributed by atoms with Crippen molar-refractivity contribution >= 4 is 11.9 Å². The maximum atomic E-state index is 12.8. The van der Waals surface area contributed by atoms with E-state index in [2.05, 4.69) is 0 Å². The van der Waals surface area contributed by atoms with Crippen LogP contribution in [0.15, 0.2) is 4.42 Å². The number of hydrogen-bond acceptors (Lipinski definition) is 3. The number of carbonyl (C=O) groups is 2. The molecule has 0 aliphatic carbocycles. The number of aryl methyl sites for hydroxylation is 2. The minimum atomic E-state index is -1.13. The Labute approximate surface area is 118 Å². The quantitative estimate of drug-likeness (QED) is 0.903. The van der Waals surface area contributed by atoms with Crippen molar-refractivity contribution in [3.63, 3.8) is 0 Å². The SMILES string of the molecule is Cc1oc(C)c(C(=O)N2CCCCC2(C)C(=O)O)c1C. The van der Waals surface area contributed by atoms with Gasteiger partial charge in [0.15, 0.2) is 0 Å². The molecular weight excluding hydrogens is 258 g/mol. The molecule has 1 fully saturated rings. The first-order valence-electron chi connectivity index (χ1n) is 6.91. The second-order valence-corrected chi connectivity index (χ2v) is 5.71. The summed E-state index contributed by atoms with van der Waals surface area (Å²) in [7, 11) is 0. The zero-order valence-corrected chi connectivity index (χ0v) is 12.4. The molecule has 1 aromatic rings. The highest BCUT2D eigenvalue weighted by Gasteiger charge is 2.45. The summed E-state index contributed by atoms with van der Waals surface area (Å²) in [5.41, 5.74) is 0.182. The fourth-order valence-electron chi connectivity index (χ4n) is 2.91. The largest absolute Gasteiger partial charge is 0.480 e. The fourth-order valence-corrected chi connectivity index (χ4v) is 2.91. The molecule has 0 radical (unpaired) electrons. The second kappa shape index (κ2) is 4.96. The lowest BCUT2D eigenvalue weighted by Crippen LogP contribution is -2.57. The number of furan rings is 1. The van der Waals surface area contributed by atoms with Gasteiger partial charge in [-0.15, -0.1) is 0 Å². The van der Waals surface area contributed by atoms with Gasteiger partial charge in [-0.2, -0.15) is 0 Å². The smallest absolute Gasteiger partial charge is 0.329 e. The molecule has 1 amide bonds. The number of carbonyl (C=O) groups excluding carboxylic acids is 1. The Morgan fingerprint density at radius 3 is 2.35 bits per heavy atom. The van der Waals surface area contributed by atoms with Crippen LogP contribution in [0, 0.1) is 20.8 Å². The minimum Gasteiger partial charge on any atom is -0.480 e. The summed E-state index contributed by atoms with van der Waals surface area (Å²) < 4.78 is 5.49. The van der Waals surface area contributed by atoms with Gasteiger partial charge in [0, 0.05) is 12.1 Å². The zero-order valence-electron chi connectivity index (χ0n) is 12.4. The lowest BCUT2D eigenvalue weighted by Gasteiger charge is -2.41. The van der Waals surface area contributed by atoms with Crippen molar-refractivity contribution in [3.05, 3.63) is 22.6 Å². The number of piperidine rings is 1. The van der Waals surface area contributed by atoms with E-state index in [1.165, 1.54) is 4.90 Å². The molecule has 1 aliphatic heterocycles. The van der Waals surface area contributed by atoms with Gasteiger partial charge in [0.2, 0.25) is 0 Å². The summed E-state index contributed by atoms with van der Waals surface area (Å²) in [6.07, 6.45) is 2.15. The molecular formula is C15H21NO4. The number of rotatable bonds is 2. The molecule has 5 heteroatoms. The molecule has 1 saturated heterocycles. The molecule has 2 heterocycles. The van der Waals surface area contributed by atoms with Gasteiger partial charge in [0.25, 0.3) is 5.91 Å². The molecule has 1 atom stereocenters. The van der Waals surface area contributed by atoms with Crippen LogP contribution in [0.3, 0.4) is 0 Å². The van der Waals surface area contributed by atoms with Crippen LogP contribution >= 0.6 is 0 Å². The molecule has 1 N–H and O–H groups in total. The molecule has 110 valence electrons. The van der Waals surface area contributed by atoms with Gasteiger partial charge in [-0.1, -0.05) is 0 Å². The van der Waals surface area contributed by atoms with E-state index < -0.39 is 11.5 Å². The number of hydrogen-bond donors (Lipinski definition) is 1. The lowest BCUT2D eigenvalue weighted by atomic mass is 9.87. The first kappa shape index (κ1) is 14.6.